The quantitative estimate of drug-likeness (QED) is 0.560. The van der Waals surface area contributed by atoms with Crippen LogP contribution in [0.15, 0.2) is 23.2 Å². The normalized spacial score (nSPS) is 23.9. The number of thiocarbonyl (C=S) groups is 1. The third-order valence-electron chi connectivity index (χ3n) is 3.52. The molecule has 0 radical (unpaired) electrons. The molecule has 2 nitrogen and oxygen atoms in total. The first-order chi connectivity index (χ1) is 10.3. The van der Waals surface area contributed by atoms with Crippen LogP contribution in [0.2, 0.25) is 5.02 Å². The van der Waals surface area contributed by atoms with Gasteiger partial charge in [0.2, 0.25) is 0 Å². The highest BCUT2D eigenvalue weighted by molar-refractivity contribution is 7.80. The monoisotopic (exact) mass is 342 g/mol. The highest BCUT2D eigenvalue weighted by Gasteiger charge is 2.56. The molecule has 0 spiro atoms. The molecule has 7 heteroatoms. The smallest absolute Gasteiger partial charge is 0.331 e. The van der Waals surface area contributed by atoms with E-state index >= 15 is 0 Å². The van der Waals surface area contributed by atoms with Gasteiger partial charge in [0.1, 0.15) is 0 Å². The minimum absolute atomic E-state index is 0.0263. The third-order valence-corrected chi connectivity index (χ3v) is 3.96. The predicted molar refractivity (Wildman–Crippen MR) is 84.4 cm³/mol. The topological polar surface area (TPSA) is 24.4 Å². The van der Waals surface area contributed by atoms with Crippen LogP contribution in [0.1, 0.15) is 18.4 Å². The lowest BCUT2D eigenvalue weighted by molar-refractivity contribution is -0.152. The Morgan fingerprint density at radius 3 is 2.73 bits per heavy atom. The Hall–Kier alpha value is -1.58. The second-order valence-electron chi connectivity index (χ2n) is 5.23. The highest BCUT2D eigenvalue weighted by Crippen LogP contribution is 2.45. The molecule has 1 atom stereocenters. The second kappa shape index (κ2) is 5.25. The van der Waals surface area contributed by atoms with Crippen LogP contribution in [0.3, 0.4) is 0 Å². The molecule has 22 heavy (non-hydrogen) atoms. The first-order valence-electron chi connectivity index (χ1n) is 6.57. The molecule has 1 saturated carbocycles. The predicted octanol–water partition coefficient (Wildman–Crippen LogP) is 4.33. The van der Waals surface area contributed by atoms with Crippen LogP contribution < -0.4 is 5.32 Å². The molecular formula is C15H10ClF3N2S. The summed E-state index contributed by atoms with van der Waals surface area (Å²) in [6.45, 7) is 0. The molecule has 1 aromatic carbocycles. The van der Waals surface area contributed by atoms with Crippen LogP contribution in [0.25, 0.3) is 0 Å². The average molecular weight is 343 g/mol. The number of aliphatic imine (C=N–C) groups is 1. The average Bonchev–Trinajstić information content (AvgIpc) is 3.24. The van der Waals surface area contributed by atoms with Gasteiger partial charge in [-0.3, -0.25) is 0 Å². The Bertz CT molecular complexity index is 729. The van der Waals surface area contributed by atoms with Crippen molar-refractivity contribution in [2.45, 2.75) is 24.4 Å². The van der Waals surface area contributed by atoms with Crippen LogP contribution in [-0.2, 0) is 5.41 Å². The molecule has 0 bridgehead atoms. The molecule has 3 rings (SSSR count). The summed E-state index contributed by atoms with van der Waals surface area (Å²) in [7, 11) is 0. The van der Waals surface area contributed by atoms with Gasteiger partial charge in [-0.25, -0.2) is 4.99 Å². The number of nitrogens with zero attached hydrogens (tertiary/aromatic N) is 1. The van der Waals surface area contributed by atoms with Crippen LogP contribution in [0.5, 0.6) is 0 Å². The van der Waals surface area contributed by atoms with Gasteiger partial charge in [0.05, 0.1) is 0 Å². The summed E-state index contributed by atoms with van der Waals surface area (Å²) in [6, 6.07) is 4.22. The van der Waals surface area contributed by atoms with Gasteiger partial charge in [-0.2, -0.15) is 13.2 Å². The lowest BCUT2D eigenvalue weighted by atomic mass is 9.80. The maximum atomic E-state index is 13.9. The Kier molecular flexibility index (Phi) is 3.66. The fourth-order valence-corrected chi connectivity index (χ4v) is 2.50. The van der Waals surface area contributed by atoms with E-state index in [0.29, 0.717) is 0 Å². The van der Waals surface area contributed by atoms with Crippen LogP contribution in [0, 0.1) is 17.8 Å². The lowest BCUT2D eigenvalue weighted by Gasteiger charge is -2.28. The van der Waals surface area contributed by atoms with Crippen molar-refractivity contribution in [1.82, 2.24) is 0 Å². The number of anilines is 1. The summed E-state index contributed by atoms with van der Waals surface area (Å²) in [6.07, 6.45) is -2.20. The van der Waals surface area contributed by atoms with Crippen LogP contribution in [-0.4, -0.2) is 17.5 Å². The highest BCUT2D eigenvalue weighted by atomic mass is 35.5. The number of nitrogens with one attached hydrogen (secondary N) is 1. The third kappa shape index (κ3) is 2.71. The molecule has 1 aromatic rings. The van der Waals surface area contributed by atoms with Crippen molar-refractivity contribution in [3.05, 3.63) is 28.8 Å². The molecule has 1 heterocycles. The van der Waals surface area contributed by atoms with Crippen molar-refractivity contribution in [3.8, 4) is 11.8 Å². The summed E-state index contributed by atoms with van der Waals surface area (Å²) in [5.74, 6) is 5.13. The summed E-state index contributed by atoms with van der Waals surface area (Å²) in [5, 5.41) is 2.85. The van der Waals surface area contributed by atoms with Crippen molar-refractivity contribution in [2.75, 3.05) is 5.32 Å². The van der Waals surface area contributed by atoms with E-state index in [4.69, 9.17) is 23.8 Å². The summed E-state index contributed by atoms with van der Waals surface area (Å²) >= 11 is 10.8. The first kappa shape index (κ1) is 15.3. The number of hydrogen-bond donors (Lipinski definition) is 1. The van der Waals surface area contributed by atoms with Crippen molar-refractivity contribution >= 4 is 40.8 Å². The van der Waals surface area contributed by atoms with Gasteiger partial charge in [0.25, 0.3) is 0 Å². The van der Waals surface area contributed by atoms with Crippen molar-refractivity contribution in [1.29, 1.82) is 0 Å². The largest absolute Gasteiger partial charge is 0.414 e. The molecule has 1 aliphatic carbocycles. The molecule has 0 aromatic heterocycles. The van der Waals surface area contributed by atoms with Gasteiger partial charge in [0.15, 0.2) is 10.5 Å². The number of hydrogen-bond acceptors (Lipinski definition) is 1. The van der Waals surface area contributed by atoms with Crippen molar-refractivity contribution in [2.24, 2.45) is 10.9 Å². The molecule has 1 fully saturated rings. The van der Waals surface area contributed by atoms with E-state index in [0.717, 1.165) is 19.1 Å². The molecule has 0 unspecified atom stereocenters. The van der Waals surface area contributed by atoms with E-state index in [1.54, 1.807) is 0 Å². The van der Waals surface area contributed by atoms with E-state index < -0.39 is 11.6 Å². The van der Waals surface area contributed by atoms with Gasteiger partial charge in [-0.1, -0.05) is 23.4 Å². The summed E-state index contributed by atoms with van der Waals surface area (Å²) in [5.41, 5.74) is -2.37. The first-order valence-corrected chi connectivity index (χ1v) is 7.36. The Morgan fingerprint density at radius 1 is 1.36 bits per heavy atom. The zero-order valence-electron chi connectivity index (χ0n) is 11.2. The van der Waals surface area contributed by atoms with Gasteiger partial charge >= 0.3 is 6.18 Å². The molecule has 114 valence electrons. The fraction of sp³-hybridized carbons (Fsp3) is 0.333. The maximum absolute atomic E-state index is 13.9. The van der Waals surface area contributed by atoms with Gasteiger partial charge in [-0.15, -0.1) is 0 Å². The van der Waals surface area contributed by atoms with Gasteiger partial charge < -0.3 is 5.32 Å². The SMILES string of the molecule is FC(F)(F)[C@@]1(C#CC2CC2)C=NC(=S)Nc2ccc(Cl)cc21. The zero-order chi connectivity index (χ0) is 16.0. The lowest BCUT2D eigenvalue weighted by Crippen LogP contribution is -2.42. The van der Waals surface area contributed by atoms with Crippen molar-refractivity contribution < 1.29 is 13.2 Å². The molecule has 0 amide bonds. The van der Waals surface area contributed by atoms with E-state index in [1.165, 1.54) is 18.2 Å². The molecule has 2 aliphatic rings. The van der Waals surface area contributed by atoms with E-state index in [9.17, 15) is 13.2 Å². The second-order valence-corrected chi connectivity index (χ2v) is 6.05. The number of halogens is 4. The van der Waals surface area contributed by atoms with Gasteiger partial charge in [-0.05, 0) is 43.3 Å². The molecule has 0 saturated heterocycles. The number of fused-ring (bicyclic) bond motifs is 1. The summed E-state index contributed by atoms with van der Waals surface area (Å²) in [4.78, 5) is 3.72. The Morgan fingerprint density at radius 2 is 2.09 bits per heavy atom. The van der Waals surface area contributed by atoms with E-state index in [2.05, 4.69) is 22.2 Å². The molecule has 1 N–H and O–H groups in total. The molecular weight excluding hydrogens is 333 g/mol. The van der Waals surface area contributed by atoms with Gasteiger partial charge in [0, 0.05) is 28.4 Å². The Labute approximate surface area is 135 Å². The number of benzene rings is 1. The maximum Gasteiger partial charge on any atom is 0.414 e. The summed E-state index contributed by atoms with van der Waals surface area (Å²) < 4.78 is 41.6. The minimum Gasteiger partial charge on any atom is -0.331 e. The molecule has 1 aliphatic heterocycles. The van der Waals surface area contributed by atoms with Crippen LogP contribution in [0.4, 0.5) is 18.9 Å². The van der Waals surface area contributed by atoms with Crippen molar-refractivity contribution in [3.63, 3.8) is 0 Å². The number of alkyl halides is 3. The van der Waals surface area contributed by atoms with E-state index in [1.807, 2.05) is 0 Å². The van der Waals surface area contributed by atoms with E-state index in [-0.39, 0.29) is 27.3 Å². The standard InChI is InChI=1S/C15H10ClF3N2S/c16-10-3-4-12-11(7-10)14(15(17,18)19,6-5-9-1-2-9)8-20-13(22)21-12/h3-4,7-9H,1-2H2,(H,21,22)/t14-/m0/s1. The Balaban J connectivity index is 2.27. The number of rotatable bonds is 0. The van der Waals surface area contributed by atoms with Crippen LogP contribution >= 0.6 is 23.8 Å². The zero-order valence-corrected chi connectivity index (χ0v) is 12.7. The fourth-order valence-electron chi connectivity index (χ4n) is 2.16. The minimum atomic E-state index is -4.64.